The van der Waals surface area contributed by atoms with E-state index in [0.717, 1.165) is 28.2 Å². The van der Waals surface area contributed by atoms with Crippen LogP contribution in [0.2, 0.25) is 0 Å². The molecule has 0 saturated heterocycles. The van der Waals surface area contributed by atoms with Gasteiger partial charge in [-0.05, 0) is 42.9 Å². The first-order chi connectivity index (χ1) is 14.8. The molecule has 0 saturated carbocycles. The van der Waals surface area contributed by atoms with Gasteiger partial charge in [0.15, 0.2) is 10.6 Å². The van der Waals surface area contributed by atoms with Gasteiger partial charge in [-0.25, -0.2) is 0 Å². The van der Waals surface area contributed by atoms with Crippen molar-refractivity contribution in [3.63, 3.8) is 0 Å². The maximum Gasteiger partial charge on any atom is 0.226 e. The largest absolute Gasteiger partial charge is 0.352 e. The van der Waals surface area contributed by atoms with E-state index in [0.29, 0.717) is 17.9 Å². The van der Waals surface area contributed by atoms with Gasteiger partial charge in [0, 0.05) is 36.7 Å². The summed E-state index contributed by atoms with van der Waals surface area (Å²) in [5.74, 6) is 0.550. The smallest absolute Gasteiger partial charge is 0.226 e. The summed E-state index contributed by atoms with van der Waals surface area (Å²) in [6, 6.07) is 15.4. The van der Waals surface area contributed by atoms with Crippen LogP contribution in [0, 0.1) is 17.6 Å². The van der Waals surface area contributed by atoms with Gasteiger partial charge in [0.1, 0.15) is 0 Å². The third-order valence-corrected chi connectivity index (χ3v) is 5.14. The van der Waals surface area contributed by atoms with E-state index in [1.807, 2.05) is 73.9 Å². The molecule has 3 N–H and O–H groups in total. The Kier molecular flexibility index (Phi) is 7.36. The van der Waals surface area contributed by atoms with Gasteiger partial charge in [-0.15, -0.1) is 0 Å². The van der Waals surface area contributed by atoms with E-state index >= 15 is 0 Å². The van der Waals surface area contributed by atoms with Crippen molar-refractivity contribution in [2.75, 3.05) is 5.32 Å². The molecule has 2 aromatic carbocycles. The number of amides is 2. The fraction of sp³-hybridized carbons (Fsp3) is 0.304. The van der Waals surface area contributed by atoms with Crippen LogP contribution in [0.1, 0.15) is 31.4 Å². The molecule has 1 heterocycles. The lowest BCUT2D eigenvalue weighted by Gasteiger charge is -2.10. The standard InChI is InChI=1S/C23H27N5O2S/c1-15(2)22(30)25-19-9-7-17(8-10-19)14-24-20(29)11-12-28-21(26-27-23(28)31)18-6-4-5-16(3)13-18/h4-10,13,15H,11-12,14H2,1-3H3,(H,24,29)(H,25,30)(H,27,31). The number of aromatic nitrogens is 3. The fourth-order valence-corrected chi connectivity index (χ4v) is 3.25. The number of aromatic amines is 1. The van der Waals surface area contributed by atoms with Crippen molar-refractivity contribution >= 4 is 29.7 Å². The predicted octanol–water partition coefficient (Wildman–Crippen LogP) is 4.22. The number of nitrogens with one attached hydrogen (secondary N) is 3. The highest BCUT2D eigenvalue weighted by Gasteiger charge is 2.11. The summed E-state index contributed by atoms with van der Waals surface area (Å²) < 4.78 is 2.33. The second-order valence-electron chi connectivity index (χ2n) is 7.74. The zero-order valence-electron chi connectivity index (χ0n) is 17.9. The van der Waals surface area contributed by atoms with Crippen LogP contribution in [0.5, 0.6) is 0 Å². The summed E-state index contributed by atoms with van der Waals surface area (Å²) in [4.78, 5) is 24.1. The van der Waals surface area contributed by atoms with E-state index in [-0.39, 0.29) is 24.2 Å². The van der Waals surface area contributed by atoms with Gasteiger partial charge in [0.05, 0.1) is 0 Å². The summed E-state index contributed by atoms with van der Waals surface area (Å²) in [7, 11) is 0. The molecule has 1 aromatic heterocycles. The van der Waals surface area contributed by atoms with Crippen LogP contribution in [0.25, 0.3) is 11.4 Å². The molecule has 2 amide bonds. The molecule has 0 fully saturated rings. The minimum absolute atomic E-state index is 0.0241. The maximum absolute atomic E-state index is 12.4. The minimum atomic E-state index is -0.0749. The van der Waals surface area contributed by atoms with E-state index in [4.69, 9.17) is 12.2 Å². The molecular weight excluding hydrogens is 410 g/mol. The Balaban J connectivity index is 1.54. The maximum atomic E-state index is 12.4. The van der Waals surface area contributed by atoms with Crippen LogP contribution < -0.4 is 10.6 Å². The molecule has 0 aliphatic heterocycles. The number of benzene rings is 2. The van der Waals surface area contributed by atoms with E-state index in [1.54, 1.807) is 0 Å². The Bertz CT molecular complexity index is 1120. The molecule has 0 spiro atoms. The average molecular weight is 438 g/mol. The topological polar surface area (TPSA) is 91.8 Å². The van der Waals surface area contributed by atoms with E-state index in [1.165, 1.54) is 0 Å². The van der Waals surface area contributed by atoms with Crippen LogP contribution in [0.4, 0.5) is 5.69 Å². The average Bonchev–Trinajstić information content (AvgIpc) is 3.12. The number of aryl methyl sites for hydroxylation is 1. The Morgan fingerprint density at radius 3 is 2.58 bits per heavy atom. The van der Waals surface area contributed by atoms with Crippen LogP contribution in [0.3, 0.4) is 0 Å². The highest BCUT2D eigenvalue weighted by atomic mass is 32.1. The summed E-state index contributed by atoms with van der Waals surface area (Å²) in [5.41, 5.74) is 3.78. The van der Waals surface area contributed by atoms with E-state index < -0.39 is 0 Å². The van der Waals surface area contributed by atoms with Gasteiger partial charge in [-0.3, -0.25) is 19.3 Å². The number of H-pyrrole nitrogens is 1. The van der Waals surface area contributed by atoms with Crippen molar-refractivity contribution in [1.29, 1.82) is 0 Å². The lowest BCUT2D eigenvalue weighted by Crippen LogP contribution is -2.24. The third-order valence-electron chi connectivity index (χ3n) is 4.83. The van der Waals surface area contributed by atoms with Crippen molar-refractivity contribution in [1.82, 2.24) is 20.1 Å². The Hall–Kier alpha value is -3.26. The van der Waals surface area contributed by atoms with Crippen molar-refractivity contribution < 1.29 is 9.59 Å². The summed E-state index contributed by atoms with van der Waals surface area (Å²) >= 11 is 5.34. The first-order valence-corrected chi connectivity index (χ1v) is 10.6. The third kappa shape index (κ3) is 6.11. The van der Waals surface area contributed by atoms with Gasteiger partial charge in [-0.1, -0.05) is 49.7 Å². The zero-order chi connectivity index (χ0) is 22.4. The molecule has 3 aromatic rings. The monoisotopic (exact) mass is 437 g/mol. The Labute approximate surface area is 186 Å². The zero-order valence-corrected chi connectivity index (χ0v) is 18.8. The van der Waals surface area contributed by atoms with Gasteiger partial charge >= 0.3 is 0 Å². The molecule has 0 bridgehead atoms. The molecule has 0 radical (unpaired) electrons. The number of anilines is 1. The molecule has 31 heavy (non-hydrogen) atoms. The molecule has 0 unspecified atom stereocenters. The normalized spacial score (nSPS) is 10.8. The van der Waals surface area contributed by atoms with Crippen LogP contribution in [0.15, 0.2) is 48.5 Å². The summed E-state index contributed by atoms with van der Waals surface area (Å²) in [6.45, 7) is 6.57. The highest BCUT2D eigenvalue weighted by molar-refractivity contribution is 7.71. The SMILES string of the molecule is Cc1cccc(-c2n[nH]c(=S)n2CCC(=O)NCc2ccc(NC(=O)C(C)C)cc2)c1. The summed E-state index contributed by atoms with van der Waals surface area (Å²) in [5, 5.41) is 12.9. The number of carbonyl (C=O) groups is 2. The highest BCUT2D eigenvalue weighted by Crippen LogP contribution is 2.19. The quantitative estimate of drug-likeness (QED) is 0.460. The van der Waals surface area contributed by atoms with Crippen molar-refractivity contribution in [2.24, 2.45) is 5.92 Å². The second-order valence-corrected chi connectivity index (χ2v) is 8.13. The molecule has 0 aliphatic carbocycles. The van der Waals surface area contributed by atoms with Crippen LogP contribution in [-0.2, 0) is 22.7 Å². The van der Waals surface area contributed by atoms with E-state index in [2.05, 4.69) is 20.8 Å². The Morgan fingerprint density at radius 1 is 1.16 bits per heavy atom. The van der Waals surface area contributed by atoms with Gasteiger partial charge in [0.25, 0.3) is 0 Å². The number of hydrogen-bond donors (Lipinski definition) is 3. The first-order valence-electron chi connectivity index (χ1n) is 10.2. The van der Waals surface area contributed by atoms with Gasteiger partial charge in [-0.2, -0.15) is 5.10 Å². The lowest BCUT2D eigenvalue weighted by molar-refractivity contribution is -0.121. The molecule has 0 atom stereocenters. The molecule has 0 aliphatic rings. The van der Waals surface area contributed by atoms with Crippen LogP contribution in [-0.4, -0.2) is 26.6 Å². The molecule has 8 heteroatoms. The number of hydrogen-bond acceptors (Lipinski definition) is 4. The predicted molar refractivity (Wildman–Crippen MR) is 124 cm³/mol. The van der Waals surface area contributed by atoms with Gasteiger partial charge < -0.3 is 10.6 Å². The first kappa shape index (κ1) is 22.4. The van der Waals surface area contributed by atoms with E-state index in [9.17, 15) is 9.59 Å². The number of nitrogens with zero attached hydrogens (tertiary/aromatic N) is 2. The lowest BCUT2D eigenvalue weighted by atomic mass is 10.1. The molecule has 7 nitrogen and oxygen atoms in total. The number of rotatable bonds is 8. The van der Waals surface area contributed by atoms with Gasteiger partial charge in [0.2, 0.25) is 11.8 Å². The van der Waals surface area contributed by atoms with Crippen LogP contribution >= 0.6 is 12.2 Å². The van der Waals surface area contributed by atoms with Crippen molar-refractivity contribution in [3.8, 4) is 11.4 Å². The summed E-state index contributed by atoms with van der Waals surface area (Å²) in [6.07, 6.45) is 0.287. The molecule has 3 rings (SSSR count). The molecular formula is C23H27N5O2S. The van der Waals surface area contributed by atoms with Crippen molar-refractivity contribution in [3.05, 3.63) is 64.4 Å². The van der Waals surface area contributed by atoms with Crippen molar-refractivity contribution in [2.45, 2.75) is 40.3 Å². The fourth-order valence-electron chi connectivity index (χ4n) is 3.02. The number of carbonyl (C=O) groups excluding carboxylic acids is 2. The second kappa shape index (κ2) is 10.2. The molecule has 162 valence electrons. The minimum Gasteiger partial charge on any atom is -0.352 e. The Morgan fingerprint density at radius 2 is 1.90 bits per heavy atom.